The van der Waals surface area contributed by atoms with Gasteiger partial charge in [-0.1, -0.05) is 53.2 Å². The molecule has 7 heteroatoms. The summed E-state index contributed by atoms with van der Waals surface area (Å²) in [5.41, 5.74) is 0.770. The molecule has 6 nitrogen and oxygen atoms in total. The molecule has 1 aromatic heterocycles. The van der Waals surface area contributed by atoms with E-state index in [1.54, 1.807) is 6.07 Å². The minimum absolute atomic E-state index is 0.167. The predicted octanol–water partition coefficient (Wildman–Crippen LogP) is 3.16. The summed E-state index contributed by atoms with van der Waals surface area (Å²) in [4.78, 5) is 16.2. The number of hydrogen-bond acceptors (Lipinski definition) is 5. The van der Waals surface area contributed by atoms with E-state index in [-0.39, 0.29) is 25.5 Å². The van der Waals surface area contributed by atoms with Crippen molar-refractivity contribution in [2.45, 2.75) is 19.6 Å². The van der Waals surface area contributed by atoms with E-state index in [1.165, 1.54) is 0 Å². The van der Waals surface area contributed by atoms with Crippen molar-refractivity contribution in [3.8, 4) is 5.75 Å². The Labute approximate surface area is 149 Å². The van der Waals surface area contributed by atoms with Crippen molar-refractivity contribution in [1.82, 2.24) is 15.5 Å². The second kappa shape index (κ2) is 8.30. The van der Waals surface area contributed by atoms with Crippen LogP contribution in [0.4, 0.5) is 0 Å². The molecule has 2 aromatic carbocycles. The van der Waals surface area contributed by atoms with E-state index in [0.29, 0.717) is 16.7 Å². The van der Waals surface area contributed by atoms with Gasteiger partial charge in [0, 0.05) is 5.02 Å². The number of benzene rings is 2. The predicted molar refractivity (Wildman–Crippen MR) is 92.1 cm³/mol. The van der Waals surface area contributed by atoms with E-state index >= 15 is 0 Å². The van der Waals surface area contributed by atoms with E-state index in [1.807, 2.05) is 48.5 Å². The van der Waals surface area contributed by atoms with E-state index in [9.17, 15) is 4.79 Å². The average Bonchev–Trinajstić information content (AvgIpc) is 3.09. The molecule has 0 radical (unpaired) electrons. The highest BCUT2D eigenvalue weighted by molar-refractivity contribution is 6.31. The molecule has 1 N–H and O–H groups in total. The smallest absolute Gasteiger partial charge is 0.264 e. The third-order valence-electron chi connectivity index (χ3n) is 3.37. The summed E-state index contributed by atoms with van der Waals surface area (Å²) in [5.74, 6) is 1.29. The molecule has 0 aliphatic rings. The van der Waals surface area contributed by atoms with Crippen molar-refractivity contribution < 1.29 is 14.1 Å². The van der Waals surface area contributed by atoms with E-state index in [2.05, 4.69) is 15.5 Å². The molecule has 3 aromatic rings. The number of amides is 1. The van der Waals surface area contributed by atoms with Crippen LogP contribution in [0.3, 0.4) is 0 Å². The molecule has 0 spiro atoms. The first kappa shape index (κ1) is 17.0. The van der Waals surface area contributed by atoms with Crippen molar-refractivity contribution >= 4 is 17.5 Å². The van der Waals surface area contributed by atoms with Crippen molar-refractivity contribution in [3.63, 3.8) is 0 Å². The lowest BCUT2D eigenvalue weighted by Crippen LogP contribution is -2.25. The van der Waals surface area contributed by atoms with Gasteiger partial charge in [-0.15, -0.1) is 0 Å². The monoisotopic (exact) mass is 357 g/mol. The Morgan fingerprint density at radius 2 is 1.88 bits per heavy atom. The number of carbonyl (C=O) groups excluding carboxylic acids is 1. The fourth-order valence-electron chi connectivity index (χ4n) is 2.14. The normalized spacial score (nSPS) is 10.4. The number of nitrogens with zero attached hydrogens (tertiary/aromatic N) is 2. The van der Waals surface area contributed by atoms with Crippen LogP contribution in [0.1, 0.15) is 17.3 Å². The molecule has 25 heavy (non-hydrogen) atoms. The molecule has 1 heterocycles. The Hall–Kier alpha value is -2.86. The first-order valence-electron chi connectivity index (χ1n) is 7.70. The summed E-state index contributed by atoms with van der Waals surface area (Å²) in [6.45, 7) is 0.350. The quantitative estimate of drug-likeness (QED) is 0.702. The number of para-hydroxylation sites is 1. The zero-order valence-corrected chi connectivity index (χ0v) is 14.1. The Morgan fingerprint density at radius 1 is 1.12 bits per heavy atom. The van der Waals surface area contributed by atoms with Gasteiger partial charge in [-0.25, -0.2) is 0 Å². The zero-order chi connectivity index (χ0) is 17.5. The summed E-state index contributed by atoms with van der Waals surface area (Å²) < 4.78 is 10.6. The minimum atomic E-state index is -0.167. The molecule has 0 fully saturated rings. The van der Waals surface area contributed by atoms with Crippen LogP contribution in [-0.4, -0.2) is 16.0 Å². The molecule has 1 amide bonds. The second-order valence-electron chi connectivity index (χ2n) is 5.25. The van der Waals surface area contributed by atoms with Gasteiger partial charge in [0.1, 0.15) is 5.75 Å². The summed E-state index contributed by atoms with van der Waals surface area (Å²) >= 11 is 6.04. The van der Waals surface area contributed by atoms with Crippen molar-refractivity contribution in [1.29, 1.82) is 0 Å². The number of carbonyl (C=O) groups is 1. The zero-order valence-electron chi connectivity index (χ0n) is 13.3. The third-order valence-corrected chi connectivity index (χ3v) is 3.74. The average molecular weight is 358 g/mol. The molecule has 0 saturated heterocycles. The van der Waals surface area contributed by atoms with Gasteiger partial charge in [0.25, 0.3) is 5.89 Å². The van der Waals surface area contributed by atoms with Gasteiger partial charge in [0.2, 0.25) is 5.91 Å². The highest BCUT2D eigenvalue weighted by atomic mass is 35.5. The van der Waals surface area contributed by atoms with Crippen LogP contribution >= 0.6 is 11.6 Å². The molecule has 0 unspecified atom stereocenters. The van der Waals surface area contributed by atoms with Crippen molar-refractivity contribution in [3.05, 3.63) is 76.9 Å². The van der Waals surface area contributed by atoms with Crippen molar-refractivity contribution in [2.75, 3.05) is 0 Å². The number of nitrogens with one attached hydrogen (secondary N) is 1. The molecule has 3 rings (SSSR count). The van der Waals surface area contributed by atoms with Gasteiger partial charge < -0.3 is 14.6 Å². The number of ether oxygens (including phenoxy) is 1. The van der Waals surface area contributed by atoms with Gasteiger partial charge >= 0.3 is 0 Å². The number of hydrogen-bond donors (Lipinski definition) is 1. The maximum atomic E-state index is 12.0. The van der Waals surface area contributed by atoms with Gasteiger partial charge in [-0.3, -0.25) is 4.79 Å². The Balaban J connectivity index is 1.47. The van der Waals surface area contributed by atoms with Crippen LogP contribution in [0.5, 0.6) is 5.75 Å². The number of rotatable bonds is 7. The van der Waals surface area contributed by atoms with Crippen LogP contribution in [0.25, 0.3) is 0 Å². The van der Waals surface area contributed by atoms with Crippen LogP contribution in [0.15, 0.2) is 59.1 Å². The second-order valence-corrected chi connectivity index (χ2v) is 5.66. The van der Waals surface area contributed by atoms with E-state index in [0.717, 1.165) is 11.3 Å². The lowest BCUT2D eigenvalue weighted by molar-refractivity contribution is -0.120. The van der Waals surface area contributed by atoms with E-state index in [4.69, 9.17) is 20.9 Å². The standard InChI is InChI=1S/C18H16ClN3O3/c19-15-9-5-4-6-13(15)10-17(23)20-11-16-21-18(25-22-16)12-24-14-7-2-1-3-8-14/h1-9H,10-12H2,(H,20,23). The number of halogens is 1. The van der Waals surface area contributed by atoms with Crippen LogP contribution in [-0.2, 0) is 24.4 Å². The molecule has 0 aliphatic heterocycles. The molecule has 0 bridgehead atoms. The summed E-state index contributed by atoms with van der Waals surface area (Å²) in [5, 5.41) is 7.12. The van der Waals surface area contributed by atoms with Crippen LogP contribution in [0.2, 0.25) is 5.02 Å². The van der Waals surface area contributed by atoms with Gasteiger partial charge in [-0.2, -0.15) is 4.98 Å². The van der Waals surface area contributed by atoms with Gasteiger partial charge in [0.15, 0.2) is 12.4 Å². The first-order chi connectivity index (χ1) is 12.2. The highest BCUT2D eigenvalue weighted by Crippen LogP contribution is 2.15. The Bertz CT molecular complexity index is 836. The lowest BCUT2D eigenvalue weighted by Gasteiger charge is -2.04. The summed E-state index contributed by atoms with van der Waals surface area (Å²) in [6.07, 6.45) is 0.196. The van der Waals surface area contributed by atoms with Crippen LogP contribution in [0, 0.1) is 0 Å². The van der Waals surface area contributed by atoms with Crippen molar-refractivity contribution in [2.24, 2.45) is 0 Å². The summed E-state index contributed by atoms with van der Waals surface area (Å²) in [6, 6.07) is 16.6. The van der Waals surface area contributed by atoms with Gasteiger partial charge in [-0.05, 0) is 23.8 Å². The molecular weight excluding hydrogens is 342 g/mol. The summed E-state index contributed by atoms with van der Waals surface area (Å²) in [7, 11) is 0. The fraction of sp³-hybridized carbons (Fsp3) is 0.167. The van der Waals surface area contributed by atoms with Crippen LogP contribution < -0.4 is 10.1 Å². The SMILES string of the molecule is O=C(Cc1ccccc1Cl)NCc1noc(COc2ccccc2)n1. The topological polar surface area (TPSA) is 77.2 Å². The number of aromatic nitrogens is 2. The largest absolute Gasteiger partial charge is 0.484 e. The molecular formula is C18H16ClN3O3. The first-order valence-corrected chi connectivity index (χ1v) is 8.08. The van der Waals surface area contributed by atoms with Gasteiger partial charge in [0.05, 0.1) is 13.0 Å². The third kappa shape index (κ3) is 5.06. The van der Waals surface area contributed by atoms with E-state index < -0.39 is 0 Å². The molecule has 0 atom stereocenters. The highest BCUT2D eigenvalue weighted by Gasteiger charge is 2.10. The Kier molecular flexibility index (Phi) is 5.64. The lowest BCUT2D eigenvalue weighted by atomic mass is 10.1. The molecule has 128 valence electrons. The fourth-order valence-corrected chi connectivity index (χ4v) is 2.34. The minimum Gasteiger partial charge on any atom is -0.484 e. The Morgan fingerprint density at radius 3 is 2.68 bits per heavy atom. The maximum absolute atomic E-state index is 12.0. The molecule has 0 aliphatic carbocycles. The maximum Gasteiger partial charge on any atom is 0.264 e. The molecule has 0 saturated carbocycles.